The lowest BCUT2D eigenvalue weighted by atomic mass is 10.3. The largest absolute Gasteiger partial charge is 0.335 e. The fourth-order valence-corrected chi connectivity index (χ4v) is 3.55. The highest BCUT2D eigenvalue weighted by Gasteiger charge is 2.17. The first-order chi connectivity index (χ1) is 13.7. The Morgan fingerprint density at radius 2 is 1.89 bits per heavy atom. The van der Waals surface area contributed by atoms with Crippen molar-refractivity contribution in [2.24, 2.45) is 0 Å². The lowest BCUT2D eigenvalue weighted by Crippen LogP contribution is -2.28. The number of imidazole rings is 1. The summed E-state index contributed by atoms with van der Waals surface area (Å²) >= 11 is 1.60. The zero-order chi connectivity index (χ0) is 19.5. The van der Waals surface area contributed by atoms with E-state index < -0.39 is 0 Å². The molecular weight excluding hydrogens is 372 g/mol. The van der Waals surface area contributed by atoms with Gasteiger partial charge in [0.15, 0.2) is 5.65 Å². The molecule has 1 amide bonds. The van der Waals surface area contributed by atoms with E-state index in [9.17, 15) is 9.59 Å². The van der Waals surface area contributed by atoms with Crippen molar-refractivity contribution in [1.29, 1.82) is 0 Å². The number of hydrogen-bond acceptors (Lipinski definition) is 4. The number of carbonyl (C=O) groups excluding carboxylic acids is 1. The van der Waals surface area contributed by atoms with Gasteiger partial charge in [-0.05, 0) is 48.7 Å². The number of aromatic nitrogens is 3. The fraction of sp³-hybridized carbons (Fsp3) is 0.0952. The van der Waals surface area contributed by atoms with E-state index in [0.29, 0.717) is 22.5 Å². The number of hydrogen-bond donors (Lipinski definition) is 1. The van der Waals surface area contributed by atoms with E-state index in [1.54, 1.807) is 30.1 Å². The van der Waals surface area contributed by atoms with Crippen molar-refractivity contribution in [3.63, 3.8) is 0 Å². The predicted octanol–water partition coefficient (Wildman–Crippen LogP) is 3.55. The standard InChI is InChI=1S/C21H18N4O2S/c1-28-17-10-5-7-15(13-17)23-19(26)14-24-18-11-6-12-22-20(18)25(21(24)27)16-8-3-2-4-9-16/h2-13H,14H2,1H3,(H,23,26). The third-order valence-electron chi connectivity index (χ3n) is 4.36. The Morgan fingerprint density at radius 1 is 1.07 bits per heavy atom. The van der Waals surface area contributed by atoms with Gasteiger partial charge < -0.3 is 5.32 Å². The number of carbonyl (C=O) groups is 1. The van der Waals surface area contributed by atoms with E-state index in [-0.39, 0.29) is 18.1 Å². The van der Waals surface area contributed by atoms with E-state index in [4.69, 9.17) is 0 Å². The maximum absolute atomic E-state index is 13.1. The van der Waals surface area contributed by atoms with Gasteiger partial charge in [-0.1, -0.05) is 24.3 Å². The molecule has 0 unspecified atom stereocenters. The van der Waals surface area contributed by atoms with Crippen LogP contribution in [0.1, 0.15) is 0 Å². The van der Waals surface area contributed by atoms with Crippen molar-refractivity contribution in [3.05, 3.63) is 83.4 Å². The molecule has 0 radical (unpaired) electrons. The molecule has 4 aromatic rings. The van der Waals surface area contributed by atoms with Crippen molar-refractivity contribution in [1.82, 2.24) is 14.1 Å². The lowest BCUT2D eigenvalue weighted by Gasteiger charge is -2.07. The molecule has 7 heteroatoms. The SMILES string of the molecule is CSc1cccc(NC(=O)Cn2c(=O)n(-c3ccccc3)c3ncccc32)c1. The second-order valence-electron chi connectivity index (χ2n) is 6.17. The highest BCUT2D eigenvalue weighted by Crippen LogP contribution is 2.19. The van der Waals surface area contributed by atoms with Crippen LogP contribution >= 0.6 is 11.8 Å². The number of thioether (sulfide) groups is 1. The van der Waals surface area contributed by atoms with E-state index in [0.717, 1.165) is 4.90 Å². The van der Waals surface area contributed by atoms with E-state index in [2.05, 4.69) is 10.3 Å². The summed E-state index contributed by atoms with van der Waals surface area (Å²) in [5.74, 6) is -0.267. The number of benzene rings is 2. The summed E-state index contributed by atoms with van der Waals surface area (Å²) in [6.07, 6.45) is 3.62. The number of para-hydroxylation sites is 1. The summed E-state index contributed by atoms with van der Waals surface area (Å²) in [7, 11) is 0. The number of pyridine rings is 1. The molecule has 6 nitrogen and oxygen atoms in total. The molecular formula is C21H18N4O2S. The van der Waals surface area contributed by atoms with Gasteiger partial charge in [-0.3, -0.25) is 9.36 Å². The number of nitrogens with one attached hydrogen (secondary N) is 1. The number of rotatable bonds is 5. The monoisotopic (exact) mass is 390 g/mol. The van der Waals surface area contributed by atoms with E-state index >= 15 is 0 Å². The summed E-state index contributed by atoms with van der Waals surface area (Å²) in [4.78, 5) is 31.1. The van der Waals surface area contributed by atoms with Crippen LogP contribution in [-0.2, 0) is 11.3 Å². The third kappa shape index (κ3) is 3.44. The van der Waals surface area contributed by atoms with Crippen molar-refractivity contribution in [2.75, 3.05) is 11.6 Å². The summed E-state index contributed by atoms with van der Waals surface area (Å²) < 4.78 is 2.97. The first-order valence-electron chi connectivity index (χ1n) is 8.73. The van der Waals surface area contributed by atoms with Crippen LogP contribution < -0.4 is 11.0 Å². The Hall–Kier alpha value is -3.32. The Bertz CT molecular complexity index is 1200. The van der Waals surface area contributed by atoms with Gasteiger partial charge >= 0.3 is 5.69 Å². The molecule has 2 aromatic carbocycles. The Labute approximate surface area is 165 Å². The minimum absolute atomic E-state index is 0.0929. The molecule has 0 aliphatic carbocycles. The molecule has 2 aromatic heterocycles. The Morgan fingerprint density at radius 3 is 2.68 bits per heavy atom. The van der Waals surface area contributed by atoms with Gasteiger partial charge in [0.2, 0.25) is 5.91 Å². The van der Waals surface area contributed by atoms with Crippen LogP contribution in [0.2, 0.25) is 0 Å². The van der Waals surface area contributed by atoms with Crippen LogP contribution in [0.25, 0.3) is 16.9 Å². The first kappa shape index (κ1) is 18.1. The second kappa shape index (κ2) is 7.74. The quantitative estimate of drug-likeness (QED) is 0.529. The van der Waals surface area contributed by atoms with Gasteiger partial charge in [0.05, 0.1) is 11.2 Å². The zero-order valence-corrected chi connectivity index (χ0v) is 16.0. The average Bonchev–Trinajstić information content (AvgIpc) is 3.00. The van der Waals surface area contributed by atoms with Gasteiger partial charge in [0, 0.05) is 16.8 Å². The van der Waals surface area contributed by atoms with Gasteiger partial charge in [0.1, 0.15) is 6.54 Å². The second-order valence-corrected chi connectivity index (χ2v) is 7.05. The Kier molecular flexibility index (Phi) is 4.99. The normalized spacial score (nSPS) is 10.9. The number of anilines is 1. The van der Waals surface area contributed by atoms with Crippen molar-refractivity contribution >= 4 is 34.5 Å². The van der Waals surface area contributed by atoms with Gasteiger partial charge in [-0.15, -0.1) is 11.8 Å². The summed E-state index contributed by atoms with van der Waals surface area (Å²) in [5, 5.41) is 2.86. The molecule has 0 aliphatic heterocycles. The molecule has 140 valence electrons. The molecule has 0 aliphatic rings. The van der Waals surface area contributed by atoms with Crippen LogP contribution in [0, 0.1) is 0 Å². The molecule has 0 saturated heterocycles. The van der Waals surface area contributed by atoms with Gasteiger partial charge in [-0.25, -0.2) is 14.3 Å². The number of nitrogens with zero attached hydrogens (tertiary/aromatic N) is 3. The highest BCUT2D eigenvalue weighted by atomic mass is 32.2. The van der Waals surface area contributed by atoms with Crippen LogP contribution in [0.3, 0.4) is 0 Å². The summed E-state index contributed by atoms with van der Waals surface area (Å²) in [6, 6.07) is 20.4. The molecule has 0 fully saturated rings. The molecule has 0 bridgehead atoms. The van der Waals surface area contributed by atoms with Crippen molar-refractivity contribution in [2.45, 2.75) is 11.4 Å². The molecule has 2 heterocycles. The predicted molar refractivity (Wildman–Crippen MR) is 112 cm³/mol. The van der Waals surface area contributed by atoms with Gasteiger partial charge in [0.25, 0.3) is 0 Å². The van der Waals surface area contributed by atoms with Crippen molar-refractivity contribution < 1.29 is 4.79 Å². The molecule has 1 N–H and O–H groups in total. The minimum Gasteiger partial charge on any atom is -0.324 e. The Balaban J connectivity index is 1.70. The maximum Gasteiger partial charge on any atom is 0.335 e. The number of fused-ring (bicyclic) bond motifs is 1. The van der Waals surface area contributed by atoms with E-state index in [1.807, 2.05) is 60.9 Å². The van der Waals surface area contributed by atoms with Crippen LogP contribution in [0.4, 0.5) is 5.69 Å². The molecule has 0 spiro atoms. The summed E-state index contributed by atoms with van der Waals surface area (Å²) in [5.41, 5.74) is 2.26. The van der Waals surface area contributed by atoms with Crippen LogP contribution in [-0.4, -0.2) is 26.3 Å². The van der Waals surface area contributed by atoms with Crippen LogP contribution in [0.5, 0.6) is 0 Å². The molecule has 0 saturated carbocycles. The average molecular weight is 390 g/mol. The molecule has 28 heavy (non-hydrogen) atoms. The topological polar surface area (TPSA) is 68.9 Å². The smallest absolute Gasteiger partial charge is 0.324 e. The molecule has 0 atom stereocenters. The molecule has 4 rings (SSSR count). The van der Waals surface area contributed by atoms with Crippen molar-refractivity contribution in [3.8, 4) is 5.69 Å². The zero-order valence-electron chi connectivity index (χ0n) is 15.2. The summed E-state index contributed by atoms with van der Waals surface area (Å²) in [6.45, 7) is -0.0929. The highest BCUT2D eigenvalue weighted by molar-refractivity contribution is 7.98. The minimum atomic E-state index is -0.298. The maximum atomic E-state index is 13.1. The van der Waals surface area contributed by atoms with Crippen LogP contribution in [0.15, 0.2) is 82.6 Å². The lowest BCUT2D eigenvalue weighted by molar-refractivity contribution is -0.116. The van der Waals surface area contributed by atoms with E-state index in [1.165, 1.54) is 9.13 Å². The first-order valence-corrected chi connectivity index (χ1v) is 9.95. The van der Waals surface area contributed by atoms with Gasteiger partial charge in [-0.2, -0.15) is 0 Å². The third-order valence-corrected chi connectivity index (χ3v) is 5.09. The number of amides is 1. The fourth-order valence-electron chi connectivity index (χ4n) is 3.09.